The van der Waals surface area contributed by atoms with Crippen molar-refractivity contribution in [1.29, 1.82) is 0 Å². The van der Waals surface area contributed by atoms with Gasteiger partial charge in [0.05, 0.1) is 12.2 Å². The van der Waals surface area contributed by atoms with Gasteiger partial charge in [0.25, 0.3) is 5.91 Å². The maximum atomic E-state index is 12.4. The Labute approximate surface area is 189 Å². The van der Waals surface area contributed by atoms with Crippen LogP contribution in [0.5, 0.6) is 5.75 Å². The summed E-state index contributed by atoms with van der Waals surface area (Å²) in [6.45, 7) is 3.28. The van der Waals surface area contributed by atoms with E-state index in [4.69, 9.17) is 4.74 Å². The number of carbonyl (C=O) groups is 2. The first-order valence-electron chi connectivity index (χ1n) is 10.8. The summed E-state index contributed by atoms with van der Waals surface area (Å²) >= 11 is 0. The molecule has 0 aliphatic rings. The maximum Gasteiger partial charge on any atom is 0.251 e. The monoisotopic (exact) mass is 431 g/mol. The molecule has 0 spiro atoms. The molecule has 0 aliphatic carbocycles. The Balaban J connectivity index is 1.49. The molecule has 32 heavy (non-hydrogen) atoms. The van der Waals surface area contributed by atoms with E-state index < -0.39 is 0 Å². The van der Waals surface area contributed by atoms with Crippen molar-refractivity contribution >= 4 is 23.2 Å². The van der Waals surface area contributed by atoms with E-state index in [2.05, 4.69) is 22.9 Å². The van der Waals surface area contributed by atoms with Gasteiger partial charge in [0.15, 0.2) is 0 Å². The lowest BCUT2D eigenvalue weighted by Gasteiger charge is -2.13. The second kappa shape index (κ2) is 12.2. The Hall–Kier alpha value is -3.80. The molecule has 0 saturated carbocycles. The number of hydrogen-bond donors (Lipinski definition) is 3. The Morgan fingerprint density at radius 3 is 2.34 bits per heavy atom. The highest BCUT2D eigenvalue weighted by Gasteiger charge is 2.08. The van der Waals surface area contributed by atoms with Crippen LogP contribution in [0.1, 0.15) is 35.7 Å². The van der Waals surface area contributed by atoms with E-state index in [0.717, 1.165) is 24.1 Å². The zero-order valence-corrected chi connectivity index (χ0v) is 18.3. The zero-order chi connectivity index (χ0) is 22.6. The van der Waals surface area contributed by atoms with Crippen LogP contribution in [-0.4, -0.2) is 24.9 Å². The van der Waals surface area contributed by atoms with Crippen molar-refractivity contribution in [3.63, 3.8) is 0 Å². The summed E-state index contributed by atoms with van der Waals surface area (Å²) in [4.78, 5) is 24.4. The number of nitrogens with one attached hydrogen (secondary N) is 3. The molecule has 0 unspecified atom stereocenters. The molecule has 0 atom stereocenters. The van der Waals surface area contributed by atoms with E-state index in [1.165, 1.54) is 0 Å². The fourth-order valence-corrected chi connectivity index (χ4v) is 3.04. The van der Waals surface area contributed by atoms with Gasteiger partial charge in [-0.1, -0.05) is 55.8 Å². The van der Waals surface area contributed by atoms with Gasteiger partial charge >= 0.3 is 0 Å². The molecular formula is C26H29N3O3. The number of unbranched alkanes of at least 4 members (excludes halogenated alkanes) is 1. The number of amides is 2. The maximum absolute atomic E-state index is 12.4. The van der Waals surface area contributed by atoms with Crippen LogP contribution in [0.25, 0.3) is 0 Å². The number of para-hydroxylation sites is 2. The summed E-state index contributed by atoms with van der Waals surface area (Å²) in [5, 5.41) is 8.84. The van der Waals surface area contributed by atoms with Gasteiger partial charge in [-0.15, -0.1) is 0 Å². The molecular weight excluding hydrogens is 402 g/mol. The van der Waals surface area contributed by atoms with Gasteiger partial charge in [0.2, 0.25) is 5.91 Å². The fourth-order valence-electron chi connectivity index (χ4n) is 3.04. The van der Waals surface area contributed by atoms with Gasteiger partial charge in [0, 0.05) is 17.8 Å². The minimum Gasteiger partial charge on any atom is -0.487 e. The Bertz CT molecular complexity index is 1000. The van der Waals surface area contributed by atoms with Gasteiger partial charge in [-0.2, -0.15) is 0 Å². The van der Waals surface area contributed by atoms with Crippen LogP contribution in [-0.2, 0) is 11.4 Å². The van der Waals surface area contributed by atoms with Crippen LogP contribution in [0.2, 0.25) is 0 Å². The first kappa shape index (κ1) is 22.9. The molecule has 166 valence electrons. The first-order valence-corrected chi connectivity index (χ1v) is 10.8. The fraction of sp³-hybridized carbons (Fsp3) is 0.231. The van der Waals surface area contributed by atoms with Gasteiger partial charge in [-0.3, -0.25) is 9.59 Å². The zero-order valence-electron chi connectivity index (χ0n) is 18.3. The molecule has 3 N–H and O–H groups in total. The lowest BCUT2D eigenvalue weighted by atomic mass is 10.2. The van der Waals surface area contributed by atoms with Crippen molar-refractivity contribution in [1.82, 2.24) is 5.32 Å². The molecule has 0 saturated heterocycles. The standard InChI is InChI=1S/C26H29N3O3/c1-2-3-17-27-26(31)21-13-15-22(16-14-21)29-25(30)18-28-23-11-7-8-12-24(23)32-19-20-9-5-4-6-10-20/h4-16,28H,2-3,17-19H2,1H3,(H,27,31)(H,29,30). The van der Waals surface area contributed by atoms with Gasteiger partial charge in [-0.25, -0.2) is 0 Å². The molecule has 0 radical (unpaired) electrons. The van der Waals surface area contributed by atoms with E-state index >= 15 is 0 Å². The van der Waals surface area contributed by atoms with Crippen molar-refractivity contribution in [3.05, 3.63) is 90.0 Å². The predicted octanol–water partition coefficient (Wildman–Crippen LogP) is 4.85. The number of ether oxygens (including phenoxy) is 1. The normalized spacial score (nSPS) is 10.3. The summed E-state index contributed by atoms with van der Waals surface area (Å²) in [7, 11) is 0. The summed E-state index contributed by atoms with van der Waals surface area (Å²) < 4.78 is 5.91. The molecule has 2 amide bonds. The van der Waals surface area contributed by atoms with Crippen molar-refractivity contribution in [3.8, 4) is 5.75 Å². The van der Waals surface area contributed by atoms with Crippen molar-refractivity contribution in [2.24, 2.45) is 0 Å². The topological polar surface area (TPSA) is 79.5 Å². The molecule has 0 aliphatic heterocycles. The SMILES string of the molecule is CCCCNC(=O)c1ccc(NC(=O)CNc2ccccc2OCc2ccccc2)cc1. The number of anilines is 2. The average molecular weight is 432 g/mol. The van der Waals surface area contributed by atoms with E-state index in [1.807, 2.05) is 54.6 Å². The van der Waals surface area contributed by atoms with Gasteiger partial charge in [0.1, 0.15) is 12.4 Å². The van der Waals surface area contributed by atoms with Crippen LogP contribution in [0.15, 0.2) is 78.9 Å². The third-order valence-electron chi connectivity index (χ3n) is 4.81. The third kappa shape index (κ3) is 7.16. The molecule has 3 aromatic carbocycles. The van der Waals surface area contributed by atoms with Gasteiger partial charge in [-0.05, 0) is 48.4 Å². The van der Waals surface area contributed by atoms with Crippen molar-refractivity contribution < 1.29 is 14.3 Å². The third-order valence-corrected chi connectivity index (χ3v) is 4.81. The summed E-state index contributed by atoms with van der Waals surface area (Å²) in [6, 6.07) is 24.3. The molecule has 6 heteroatoms. The highest BCUT2D eigenvalue weighted by molar-refractivity contribution is 5.96. The Morgan fingerprint density at radius 1 is 0.875 bits per heavy atom. The number of benzene rings is 3. The highest BCUT2D eigenvalue weighted by atomic mass is 16.5. The number of rotatable bonds is 11. The first-order chi connectivity index (χ1) is 15.7. The van der Waals surface area contributed by atoms with Crippen LogP contribution in [0, 0.1) is 0 Å². The van der Waals surface area contributed by atoms with Crippen LogP contribution >= 0.6 is 0 Å². The minimum atomic E-state index is -0.192. The van der Waals surface area contributed by atoms with E-state index in [1.54, 1.807) is 24.3 Å². The average Bonchev–Trinajstić information content (AvgIpc) is 2.83. The van der Waals surface area contributed by atoms with E-state index in [0.29, 0.717) is 30.2 Å². The van der Waals surface area contributed by atoms with Crippen LogP contribution in [0.3, 0.4) is 0 Å². The van der Waals surface area contributed by atoms with Gasteiger partial charge < -0.3 is 20.7 Å². The highest BCUT2D eigenvalue weighted by Crippen LogP contribution is 2.24. The van der Waals surface area contributed by atoms with E-state index in [9.17, 15) is 9.59 Å². The predicted molar refractivity (Wildman–Crippen MR) is 128 cm³/mol. The van der Waals surface area contributed by atoms with Crippen LogP contribution < -0.4 is 20.7 Å². The summed E-state index contributed by atoms with van der Waals surface area (Å²) in [5.41, 5.74) is 3.03. The smallest absolute Gasteiger partial charge is 0.251 e. The minimum absolute atomic E-state index is 0.0883. The molecule has 0 bridgehead atoms. The Kier molecular flexibility index (Phi) is 8.69. The molecule has 6 nitrogen and oxygen atoms in total. The lowest BCUT2D eigenvalue weighted by molar-refractivity contribution is -0.114. The number of carbonyl (C=O) groups excluding carboxylic acids is 2. The second-order valence-electron chi connectivity index (χ2n) is 7.36. The van der Waals surface area contributed by atoms with E-state index in [-0.39, 0.29) is 18.4 Å². The summed E-state index contributed by atoms with van der Waals surface area (Å²) in [5.74, 6) is 0.385. The second-order valence-corrected chi connectivity index (χ2v) is 7.36. The van der Waals surface area contributed by atoms with Crippen molar-refractivity contribution in [2.45, 2.75) is 26.4 Å². The molecule has 0 fully saturated rings. The lowest BCUT2D eigenvalue weighted by Crippen LogP contribution is -2.24. The molecule has 0 heterocycles. The quantitative estimate of drug-likeness (QED) is 0.379. The molecule has 3 rings (SSSR count). The molecule has 3 aromatic rings. The largest absolute Gasteiger partial charge is 0.487 e. The molecule has 0 aromatic heterocycles. The van der Waals surface area contributed by atoms with Crippen molar-refractivity contribution in [2.75, 3.05) is 23.7 Å². The Morgan fingerprint density at radius 2 is 1.59 bits per heavy atom. The summed E-state index contributed by atoms with van der Waals surface area (Å²) in [6.07, 6.45) is 1.98. The van der Waals surface area contributed by atoms with Crippen LogP contribution in [0.4, 0.5) is 11.4 Å². The number of hydrogen-bond acceptors (Lipinski definition) is 4.